The molecule has 1 aliphatic heterocycles. The van der Waals surface area contributed by atoms with Gasteiger partial charge in [-0.3, -0.25) is 0 Å². The summed E-state index contributed by atoms with van der Waals surface area (Å²) in [5.41, 5.74) is -0.890. The number of aliphatic hydroxyl groups is 1. The van der Waals surface area contributed by atoms with Crippen molar-refractivity contribution in [1.29, 1.82) is 0 Å². The molecule has 1 saturated heterocycles. The van der Waals surface area contributed by atoms with Gasteiger partial charge in [-0.05, 0) is 19.3 Å². The Labute approximate surface area is 77.5 Å². The highest BCUT2D eigenvalue weighted by Crippen LogP contribution is 2.24. The van der Waals surface area contributed by atoms with Crippen molar-refractivity contribution >= 4 is 6.09 Å². The van der Waals surface area contributed by atoms with Crippen LogP contribution in [0, 0.1) is 0 Å². The van der Waals surface area contributed by atoms with Crippen molar-refractivity contribution in [3.05, 3.63) is 12.7 Å². The minimum absolute atomic E-state index is 0.203. The van der Waals surface area contributed by atoms with E-state index in [-0.39, 0.29) is 6.54 Å². The second kappa shape index (κ2) is 3.79. The van der Waals surface area contributed by atoms with Gasteiger partial charge < -0.3 is 15.1 Å². The van der Waals surface area contributed by atoms with Crippen LogP contribution >= 0.6 is 0 Å². The van der Waals surface area contributed by atoms with E-state index in [1.165, 1.54) is 4.90 Å². The number of carboxylic acid groups (broad SMARTS) is 1. The molecule has 0 aromatic heterocycles. The SMILES string of the molecule is C=CCC1(O)CCCN(C(=O)O)C1. The number of nitrogens with zero attached hydrogens (tertiary/aromatic N) is 1. The van der Waals surface area contributed by atoms with Crippen LogP contribution < -0.4 is 0 Å². The summed E-state index contributed by atoms with van der Waals surface area (Å²) in [6, 6.07) is 0. The number of hydrogen-bond acceptors (Lipinski definition) is 2. The van der Waals surface area contributed by atoms with Gasteiger partial charge in [-0.15, -0.1) is 6.58 Å². The number of amides is 1. The lowest BCUT2D eigenvalue weighted by Crippen LogP contribution is -2.49. The first-order chi connectivity index (χ1) is 6.07. The second-order valence-corrected chi connectivity index (χ2v) is 3.52. The fraction of sp³-hybridized carbons (Fsp3) is 0.667. The van der Waals surface area contributed by atoms with E-state index in [4.69, 9.17) is 5.11 Å². The maximum atomic E-state index is 10.6. The van der Waals surface area contributed by atoms with Crippen LogP contribution in [-0.2, 0) is 0 Å². The molecule has 0 aromatic rings. The summed E-state index contributed by atoms with van der Waals surface area (Å²) >= 11 is 0. The van der Waals surface area contributed by atoms with Crippen molar-refractivity contribution in [2.24, 2.45) is 0 Å². The molecule has 1 rings (SSSR count). The summed E-state index contributed by atoms with van der Waals surface area (Å²) in [4.78, 5) is 11.9. The zero-order valence-corrected chi connectivity index (χ0v) is 7.57. The van der Waals surface area contributed by atoms with Crippen LogP contribution in [0.2, 0.25) is 0 Å². The molecule has 74 valence electrons. The third-order valence-corrected chi connectivity index (χ3v) is 2.35. The average molecular weight is 185 g/mol. The molecule has 1 atom stereocenters. The molecular weight excluding hydrogens is 170 g/mol. The molecule has 4 heteroatoms. The van der Waals surface area contributed by atoms with Gasteiger partial charge in [0.25, 0.3) is 0 Å². The molecule has 1 amide bonds. The molecule has 1 heterocycles. The number of piperidine rings is 1. The maximum absolute atomic E-state index is 10.6. The lowest BCUT2D eigenvalue weighted by molar-refractivity contribution is -0.0224. The third kappa shape index (κ3) is 2.45. The number of carbonyl (C=O) groups is 1. The molecule has 13 heavy (non-hydrogen) atoms. The Hall–Kier alpha value is -1.03. The molecular formula is C9H15NO3. The summed E-state index contributed by atoms with van der Waals surface area (Å²) < 4.78 is 0. The molecule has 0 spiro atoms. The molecule has 1 unspecified atom stereocenters. The first kappa shape index (κ1) is 10.1. The largest absolute Gasteiger partial charge is 0.465 e. The van der Waals surface area contributed by atoms with E-state index in [1.54, 1.807) is 6.08 Å². The summed E-state index contributed by atoms with van der Waals surface area (Å²) in [5.74, 6) is 0. The predicted octanol–water partition coefficient (Wildman–Crippen LogP) is 1.07. The number of likely N-dealkylation sites (tertiary alicyclic amines) is 1. The zero-order chi connectivity index (χ0) is 9.90. The van der Waals surface area contributed by atoms with Gasteiger partial charge in [0.15, 0.2) is 0 Å². The topological polar surface area (TPSA) is 60.8 Å². The predicted molar refractivity (Wildman–Crippen MR) is 48.6 cm³/mol. The highest BCUT2D eigenvalue weighted by atomic mass is 16.4. The van der Waals surface area contributed by atoms with Gasteiger partial charge in [0.05, 0.1) is 12.1 Å². The first-order valence-corrected chi connectivity index (χ1v) is 4.38. The summed E-state index contributed by atoms with van der Waals surface area (Å²) in [6.07, 6.45) is 2.50. The highest BCUT2D eigenvalue weighted by Gasteiger charge is 2.33. The maximum Gasteiger partial charge on any atom is 0.407 e. The van der Waals surface area contributed by atoms with Gasteiger partial charge >= 0.3 is 6.09 Å². The van der Waals surface area contributed by atoms with Gasteiger partial charge in [-0.2, -0.15) is 0 Å². The highest BCUT2D eigenvalue weighted by molar-refractivity contribution is 5.65. The quantitative estimate of drug-likeness (QED) is 0.632. The van der Waals surface area contributed by atoms with Gasteiger partial charge in [0.2, 0.25) is 0 Å². The minimum atomic E-state index is -0.956. The van der Waals surface area contributed by atoms with Crippen LogP contribution in [0.15, 0.2) is 12.7 Å². The number of rotatable bonds is 2. The first-order valence-electron chi connectivity index (χ1n) is 4.38. The molecule has 0 aliphatic carbocycles. The Morgan fingerprint density at radius 3 is 2.92 bits per heavy atom. The van der Waals surface area contributed by atoms with Crippen molar-refractivity contribution in [1.82, 2.24) is 4.90 Å². The normalized spacial score (nSPS) is 28.5. The zero-order valence-electron chi connectivity index (χ0n) is 7.57. The molecule has 2 N–H and O–H groups in total. The molecule has 1 fully saturated rings. The van der Waals surface area contributed by atoms with E-state index in [9.17, 15) is 9.90 Å². The smallest absolute Gasteiger partial charge is 0.407 e. The van der Waals surface area contributed by atoms with E-state index < -0.39 is 11.7 Å². The molecule has 0 aromatic carbocycles. The Kier molecular flexibility index (Phi) is 2.93. The Morgan fingerprint density at radius 2 is 2.38 bits per heavy atom. The fourth-order valence-electron chi connectivity index (χ4n) is 1.71. The lowest BCUT2D eigenvalue weighted by Gasteiger charge is -2.37. The van der Waals surface area contributed by atoms with Crippen LogP contribution in [0.1, 0.15) is 19.3 Å². The van der Waals surface area contributed by atoms with E-state index in [0.717, 1.165) is 6.42 Å². The monoisotopic (exact) mass is 185 g/mol. The van der Waals surface area contributed by atoms with Gasteiger partial charge in [0, 0.05) is 6.54 Å². The van der Waals surface area contributed by atoms with Crippen molar-refractivity contribution in [2.75, 3.05) is 13.1 Å². The average Bonchev–Trinajstić information content (AvgIpc) is 2.04. The summed E-state index contributed by atoms with van der Waals surface area (Å²) in [6.45, 7) is 4.27. The van der Waals surface area contributed by atoms with Crippen LogP contribution in [0.25, 0.3) is 0 Å². The van der Waals surface area contributed by atoms with Crippen molar-refractivity contribution in [3.8, 4) is 0 Å². The molecule has 1 aliphatic rings. The van der Waals surface area contributed by atoms with Crippen LogP contribution in [-0.4, -0.2) is 39.9 Å². The Balaban J connectivity index is 2.59. The Morgan fingerprint density at radius 1 is 1.69 bits per heavy atom. The van der Waals surface area contributed by atoms with E-state index in [0.29, 0.717) is 19.4 Å². The van der Waals surface area contributed by atoms with Crippen LogP contribution in [0.5, 0.6) is 0 Å². The molecule has 0 bridgehead atoms. The minimum Gasteiger partial charge on any atom is -0.465 e. The van der Waals surface area contributed by atoms with E-state index in [1.807, 2.05) is 0 Å². The molecule has 0 radical (unpaired) electrons. The van der Waals surface area contributed by atoms with Gasteiger partial charge in [-0.1, -0.05) is 6.08 Å². The van der Waals surface area contributed by atoms with Crippen molar-refractivity contribution in [2.45, 2.75) is 24.9 Å². The van der Waals surface area contributed by atoms with E-state index in [2.05, 4.69) is 6.58 Å². The van der Waals surface area contributed by atoms with Crippen LogP contribution in [0.4, 0.5) is 4.79 Å². The summed E-state index contributed by atoms with van der Waals surface area (Å²) in [5, 5.41) is 18.6. The second-order valence-electron chi connectivity index (χ2n) is 3.52. The van der Waals surface area contributed by atoms with Crippen LogP contribution in [0.3, 0.4) is 0 Å². The lowest BCUT2D eigenvalue weighted by atomic mass is 9.90. The van der Waals surface area contributed by atoms with E-state index >= 15 is 0 Å². The summed E-state index contributed by atoms with van der Waals surface area (Å²) in [7, 11) is 0. The fourth-order valence-corrected chi connectivity index (χ4v) is 1.71. The molecule has 4 nitrogen and oxygen atoms in total. The Bertz CT molecular complexity index is 217. The third-order valence-electron chi connectivity index (χ3n) is 2.35. The van der Waals surface area contributed by atoms with Crippen molar-refractivity contribution in [3.63, 3.8) is 0 Å². The number of β-amino-alcohol motifs (C(OH)–C–C–N with tert-alkyl or cyclic N) is 1. The standard InChI is InChI=1S/C9H15NO3/c1-2-4-9(13)5-3-6-10(7-9)8(11)12/h2,13H,1,3-7H2,(H,11,12). The van der Waals surface area contributed by atoms with Crippen molar-refractivity contribution < 1.29 is 15.0 Å². The molecule has 0 saturated carbocycles. The van der Waals surface area contributed by atoms with Gasteiger partial charge in [0.1, 0.15) is 0 Å². The number of hydrogen-bond donors (Lipinski definition) is 2. The van der Waals surface area contributed by atoms with Gasteiger partial charge in [-0.25, -0.2) is 4.79 Å².